The number of amides is 2. The zero-order chi connectivity index (χ0) is 17.3. The lowest BCUT2D eigenvalue weighted by Crippen LogP contribution is -2.33. The predicted octanol–water partition coefficient (Wildman–Crippen LogP) is 2.26. The minimum atomic E-state index is -0.0853. The molecule has 1 aromatic rings. The molecule has 0 unspecified atom stereocenters. The summed E-state index contributed by atoms with van der Waals surface area (Å²) in [5, 5.41) is 2.86. The molecule has 0 radical (unpaired) electrons. The molecule has 6 heteroatoms. The molecule has 0 bridgehead atoms. The number of fused-ring (bicyclic) bond motifs is 1. The number of hydrogen-bond acceptors (Lipinski definition) is 4. The van der Waals surface area contributed by atoms with Crippen LogP contribution in [-0.4, -0.2) is 34.8 Å². The molecule has 24 heavy (non-hydrogen) atoms. The number of rotatable bonds is 5. The summed E-state index contributed by atoms with van der Waals surface area (Å²) in [6.45, 7) is 4.57. The molecule has 6 nitrogen and oxygen atoms in total. The van der Waals surface area contributed by atoms with Gasteiger partial charge in [-0.15, -0.1) is 0 Å². The molecule has 0 aromatic carbocycles. The second-order valence-corrected chi connectivity index (χ2v) is 6.89. The second kappa shape index (κ2) is 6.79. The summed E-state index contributed by atoms with van der Waals surface area (Å²) < 4.78 is 5.37. The number of nitrogens with zero attached hydrogens (tertiary/aromatic N) is 2. The standard InChI is InChI=1S/C18H25N3O3/c1-11(2)16(22)19-9-12-8-14-15(20-17(12)24-3)10-21(18(14)23)13-6-4-5-7-13/h8,11,13H,4-7,9-10H2,1-3H3,(H,19,22). The summed E-state index contributed by atoms with van der Waals surface area (Å²) in [6.07, 6.45) is 4.53. The Morgan fingerprint density at radius 2 is 2.12 bits per heavy atom. The minimum absolute atomic E-state index is 0.0311. The topological polar surface area (TPSA) is 71.5 Å². The number of nitrogens with one attached hydrogen (secondary N) is 1. The fourth-order valence-electron chi connectivity index (χ4n) is 3.47. The normalized spacial score (nSPS) is 17.5. The van der Waals surface area contributed by atoms with Gasteiger partial charge in [-0.25, -0.2) is 4.98 Å². The molecule has 0 atom stereocenters. The highest BCUT2D eigenvalue weighted by Gasteiger charge is 2.35. The third-order valence-corrected chi connectivity index (χ3v) is 4.89. The van der Waals surface area contributed by atoms with Crippen LogP contribution in [0.1, 0.15) is 61.1 Å². The van der Waals surface area contributed by atoms with Crippen molar-refractivity contribution in [1.82, 2.24) is 15.2 Å². The highest BCUT2D eigenvalue weighted by molar-refractivity contribution is 5.98. The molecular formula is C18H25N3O3. The Bertz CT molecular complexity index is 651. The summed E-state index contributed by atoms with van der Waals surface area (Å²) >= 11 is 0. The number of hydrogen-bond donors (Lipinski definition) is 1. The van der Waals surface area contributed by atoms with Gasteiger partial charge in [-0.2, -0.15) is 0 Å². The fraction of sp³-hybridized carbons (Fsp3) is 0.611. The van der Waals surface area contributed by atoms with Crippen LogP contribution in [0.3, 0.4) is 0 Å². The average molecular weight is 331 g/mol. The first-order chi connectivity index (χ1) is 11.5. The highest BCUT2D eigenvalue weighted by Crippen LogP contribution is 2.33. The number of carbonyl (C=O) groups is 2. The molecular weight excluding hydrogens is 306 g/mol. The summed E-state index contributed by atoms with van der Waals surface area (Å²) in [5.74, 6) is 0.427. The largest absolute Gasteiger partial charge is 0.481 e. The fourth-order valence-corrected chi connectivity index (χ4v) is 3.47. The molecule has 2 amide bonds. The van der Waals surface area contributed by atoms with Crippen LogP contribution in [0.2, 0.25) is 0 Å². The number of aromatic nitrogens is 1. The van der Waals surface area contributed by atoms with Gasteiger partial charge in [0.15, 0.2) is 0 Å². The Hall–Kier alpha value is -2.11. The van der Waals surface area contributed by atoms with Crippen LogP contribution < -0.4 is 10.1 Å². The molecule has 2 heterocycles. The van der Waals surface area contributed by atoms with Crippen LogP contribution in [0.4, 0.5) is 0 Å². The van der Waals surface area contributed by atoms with Crippen LogP contribution in [-0.2, 0) is 17.9 Å². The van der Waals surface area contributed by atoms with Gasteiger partial charge in [0.2, 0.25) is 11.8 Å². The molecule has 2 aliphatic rings. The molecule has 1 aromatic heterocycles. The van der Waals surface area contributed by atoms with Gasteiger partial charge in [0.25, 0.3) is 5.91 Å². The zero-order valence-corrected chi connectivity index (χ0v) is 14.6. The highest BCUT2D eigenvalue weighted by atomic mass is 16.5. The van der Waals surface area contributed by atoms with E-state index in [1.54, 1.807) is 7.11 Å². The number of carbonyl (C=O) groups excluding carboxylic acids is 2. The first-order valence-corrected chi connectivity index (χ1v) is 8.66. The Morgan fingerprint density at radius 3 is 2.75 bits per heavy atom. The van der Waals surface area contributed by atoms with Crippen LogP contribution in [0.15, 0.2) is 6.07 Å². The first-order valence-electron chi connectivity index (χ1n) is 8.66. The van der Waals surface area contributed by atoms with Gasteiger partial charge >= 0.3 is 0 Å². The zero-order valence-electron chi connectivity index (χ0n) is 14.6. The summed E-state index contributed by atoms with van der Waals surface area (Å²) in [7, 11) is 1.56. The van der Waals surface area contributed by atoms with Crippen LogP contribution in [0.5, 0.6) is 5.88 Å². The van der Waals surface area contributed by atoms with E-state index in [4.69, 9.17) is 4.74 Å². The molecule has 1 fully saturated rings. The van der Waals surface area contributed by atoms with Crippen LogP contribution >= 0.6 is 0 Å². The van der Waals surface area contributed by atoms with Crippen molar-refractivity contribution < 1.29 is 14.3 Å². The molecule has 3 rings (SSSR count). The maximum absolute atomic E-state index is 12.7. The predicted molar refractivity (Wildman–Crippen MR) is 89.6 cm³/mol. The maximum Gasteiger partial charge on any atom is 0.256 e. The Balaban J connectivity index is 1.81. The van der Waals surface area contributed by atoms with E-state index in [2.05, 4.69) is 10.3 Å². The molecule has 1 saturated carbocycles. The van der Waals surface area contributed by atoms with E-state index in [9.17, 15) is 9.59 Å². The van der Waals surface area contributed by atoms with Crippen molar-refractivity contribution in [3.63, 3.8) is 0 Å². The second-order valence-electron chi connectivity index (χ2n) is 6.89. The third kappa shape index (κ3) is 3.09. The Kier molecular flexibility index (Phi) is 4.73. The number of ether oxygens (including phenoxy) is 1. The van der Waals surface area contributed by atoms with Crippen LogP contribution in [0.25, 0.3) is 0 Å². The summed E-state index contributed by atoms with van der Waals surface area (Å²) in [6, 6.07) is 2.17. The van der Waals surface area contributed by atoms with Gasteiger partial charge in [0, 0.05) is 24.1 Å². The average Bonchev–Trinajstić information content (AvgIpc) is 3.20. The van der Waals surface area contributed by atoms with Gasteiger partial charge in [0.05, 0.1) is 24.9 Å². The third-order valence-electron chi connectivity index (χ3n) is 4.89. The first kappa shape index (κ1) is 16.7. The number of pyridine rings is 1. The van der Waals surface area contributed by atoms with Gasteiger partial charge in [-0.05, 0) is 18.9 Å². The van der Waals surface area contributed by atoms with Gasteiger partial charge in [-0.3, -0.25) is 9.59 Å². The molecule has 130 valence electrons. The van der Waals surface area contributed by atoms with E-state index in [-0.39, 0.29) is 17.7 Å². The maximum atomic E-state index is 12.7. The summed E-state index contributed by atoms with van der Waals surface area (Å²) in [4.78, 5) is 31.0. The van der Waals surface area contributed by atoms with E-state index in [1.807, 2.05) is 24.8 Å². The molecule has 1 N–H and O–H groups in total. The van der Waals surface area contributed by atoms with E-state index in [0.29, 0.717) is 30.6 Å². The van der Waals surface area contributed by atoms with Gasteiger partial charge in [-0.1, -0.05) is 26.7 Å². The Labute approximate surface area is 142 Å². The molecule has 0 saturated heterocycles. The van der Waals surface area contributed by atoms with Crippen molar-refractivity contribution in [3.8, 4) is 5.88 Å². The van der Waals surface area contributed by atoms with Crippen molar-refractivity contribution >= 4 is 11.8 Å². The lowest BCUT2D eigenvalue weighted by molar-refractivity contribution is -0.124. The van der Waals surface area contributed by atoms with Gasteiger partial charge < -0.3 is 15.0 Å². The minimum Gasteiger partial charge on any atom is -0.481 e. The molecule has 0 spiro atoms. The smallest absolute Gasteiger partial charge is 0.256 e. The van der Waals surface area contributed by atoms with Gasteiger partial charge in [0.1, 0.15) is 0 Å². The molecule has 1 aliphatic carbocycles. The van der Waals surface area contributed by atoms with Crippen molar-refractivity contribution in [1.29, 1.82) is 0 Å². The van der Waals surface area contributed by atoms with E-state index < -0.39 is 0 Å². The van der Waals surface area contributed by atoms with Crippen molar-refractivity contribution in [2.24, 2.45) is 5.92 Å². The van der Waals surface area contributed by atoms with Crippen molar-refractivity contribution in [3.05, 3.63) is 22.9 Å². The van der Waals surface area contributed by atoms with E-state index >= 15 is 0 Å². The monoisotopic (exact) mass is 331 g/mol. The lowest BCUT2D eigenvalue weighted by atomic mass is 10.1. The SMILES string of the molecule is COc1nc2c(cc1CNC(=O)C(C)C)C(=O)N(C1CCCC1)C2. The van der Waals surface area contributed by atoms with Crippen molar-refractivity contribution in [2.45, 2.75) is 58.7 Å². The lowest BCUT2D eigenvalue weighted by Gasteiger charge is -2.22. The summed E-state index contributed by atoms with van der Waals surface area (Å²) in [5.41, 5.74) is 2.17. The van der Waals surface area contributed by atoms with E-state index in [1.165, 1.54) is 12.8 Å². The van der Waals surface area contributed by atoms with E-state index in [0.717, 1.165) is 24.1 Å². The van der Waals surface area contributed by atoms with Crippen molar-refractivity contribution in [2.75, 3.05) is 7.11 Å². The quantitative estimate of drug-likeness (QED) is 0.898. The Morgan fingerprint density at radius 1 is 1.42 bits per heavy atom. The van der Waals surface area contributed by atoms with Crippen LogP contribution in [0, 0.1) is 5.92 Å². The number of methoxy groups -OCH3 is 1. The molecule has 1 aliphatic heterocycles.